The zero-order valence-corrected chi connectivity index (χ0v) is 10.8. The second-order valence-corrected chi connectivity index (χ2v) is 4.85. The van der Waals surface area contributed by atoms with E-state index in [0.29, 0.717) is 13.0 Å². The number of nitrogens with one attached hydrogen (secondary N) is 1. The minimum absolute atomic E-state index is 0.0780. The third kappa shape index (κ3) is 5.02. The first-order chi connectivity index (χ1) is 8.13. The Balaban J connectivity index is 2.18. The lowest BCUT2D eigenvalue weighted by molar-refractivity contribution is -0.123. The summed E-state index contributed by atoms with van der Waals surface area (Å²) < 4.78 is 9.97. The van der Waals surface area contributed by atoms with E-state index < -0.39 is 6.04 Å². The maximum absolute atomic E-state index is 11.7. The molecule has 1 unspecified atom stereocenters. The van der Waals surface area contributed by atoms with Crippen LogP contribution >= 0.6 is 0 Å². The zero-order chi connectivity index (χ0) is 12.7. The minimum Gasteiger partial charge on any atom is -0.385 e. The quantitative estimate of drug-likeness (QED) is 0.611. The van der Waals surface area contributed by atoms with E-state index in [2.05, 4.69) is 5.32 Å². The highest BCUT2D eigenvalue weighted by Crippen LogP contribution is 2.48. The third-order valence-corrected chi connectivity index (χ3v) is 3.40. The van der Waals surface area contributed by atoms with Crippen molar-refractivity contribution >= 4 is 5.91 Å². The SMILES string of the molecule is COCCC(N)C(=O)NCC1(CCOC)CC1. The molecule has 1 saturated carbocycles. The summed E-state index contributed by atoms with van der Waals surface area (Å²) in [6.45, 7) is 1.99. The van der Waals surface area contributed by atoms with Gasteiger partial charge in [-0.2, -0.15) is 0 Å². The fraction of sp³-hybridized carbons (Fsp3) is 0.917. The maximum atomic E-state index is 11.7. The minimum atomic E-state index is -0.465. The van der Waals surface area contributed by atoms with Gasteiger partial charge in [0, 0.05) is 34.0 Å². The van der Waals surface area contributed by atoms with Crippen LogP contribution in [-0.2, 0) is 14.3 Å². The molecular formula is C12H24N2O3. The number of amides is 1. The highest BCUT2D eigenvalue weighted by atomic mass is 16.5. The van der Waals surface area contributed by atoms with E-state index in [1.54, 1.807) is 14.2 Å². The molecule has 5 nitrogen and oxygen atoms in total. The van der Waals surface area contributed by atoms with E-state index in [1.165, 1.54) is 12.8 Å². The van der Waals surface area contributed by atoms with Crippen LogP contribution in [0.15, 0.2) is 0 Å². The van der Waals surface area contributed by atoms with Crippen molar-refractivity contribution in [1.82, 2.24) is 5.32 Å². The number of methoxy groups -OCH3 is 2. The van der Waals surface area contributed by atoms with Crippen molar-refractivity contribution in [1.29, 1.82) is 0 Å². The second kappa shape index (κ2) is 6.93. The van der Waals surface area contributed by atoms with Crippen molar-refractivity contribution in [2.75, 3.05) is 34.0 Å². The molecule has 1 fully saturated rings. The lowest BCUT2D eigenvalue weighted by atomic mass is 10.0. The molecule has 0 radical (unpaired) electrons. The number of nitrogens with two attached hydrogens (primary N) is 1. The van der Waals surface area contributed by atoms with E-state index in [4.69, 9.17) is 15.2 Å². The zero-order valence-electron chi connectivity index (χ0n) is 10.8. The summed E-state index contributed by atoms with van der Waals surface area (Å²) in [6, 6.07) is -0.465. The molecular weight excluding hydrogens is 220 g/mol. The van der Waals surface area contributed by atoms with Crippen molar-refractivity contribution in [2.24, 2.45) is 11.1 Å². The van der Waals surface area contributed by atoms with E-state index >= 15 is 0 Å². The number of ether oxygens (including phenoxy) is 2. The normalized spacial score (nSPS) is 18.8. The fourth-order valence-electron chi connectivity index (χ4n) is 1.79. The monoisotopic (exact) mass is 244 g/mol. The van der Waals surface area contributed by atoms with Gasteiger partial charge in [0.15, 0.2) is 0 Å². The smallest absolute Gasteiger partial charge is 0.237 e. The summed E-state index contributed by atoms with van der Waals surface area (Å²) >= 11 is 0. The van der Waals surface area contributed by atoms with Gasteiger partial charge in [-0.3, -0.25) is 4.79 Å². The molecule has 100 valence electrons. The molecule has 1 amide bonds. The number of carbonyl (C=O) groups is 1. The first-order valence-corrected chi connectivity index (χ1v) is 6.15. The number of carbonyl (C=O) groups excluding carboxylic acids is 1. The predicted octanol–water partition coefficient (Wildman–Crippen LogP) is 0.283. The van der Waals surface area contributed by atoms with Gasteiger partial charge < -0.3 is 20.5 Å². The van der Waals surface area contributed by atoms with Gasteiger partial charge in [-0.25, -0.2) is 0 Å². The van der Waals surface area contributed by atoms with Gasteiger partial charge in [-0.15, -0.1) is 0 Å². The molecule has 17 heavy (non-hydrogen) atoms. The Kier molecular flexibility index (Phi) is 5.88. The fourth-order valence-corrected chi connectivity index (χ4v) is 1.79. The maximum Gasteiger partial charge on any atom is 0.237 e. The van der Waals surface area contributed by atoms with Gasteiger partial charge in [-0.1, -0.05) is 0 Å². The van der Waals surface area contributed by atoms with Gasteiger partial charge in [0.1, 0.15) is 0 Å². The molecule has 0 aromatic heterocycles. The van der Waals surface area contributed by atoms with Crippen molar-refractivity contribution in [2.45, 2.75) is 31.7 Å². The summed E-state index contributed by atoms with van der Waals surface area (Å²) in [6.07, 6.45) is 3.92. The summed E-state index contributed by atoms with van der Waals surface area (Å²) in [5, 5.41) is 2.93. The number of hydrogen-bond donors (Lipinski definition) is 2. The highest BCUT2D eigenvalue weighted by molar-refractivity contribution is 5.81. The van der Waals surface area contributed by atoms with Crippen LogP contribution in [0.2, 0.25) is 0 Å². The van der Waals surface area contributed by atoms with E-state index in [0.717, 1.165) is 19.6 Å². The van der Waals surface area contributed by atoms with Crippen LogP contribution in [0.1, 0.15) is 25.7 Å². The molecule has 1 atom stereocenters. The highest BCUT2D eigenvalue weighted by Gasteiger charge is 2.42. The van der Waals surface area contributed by atoms with Crippen LogP contribution in [0.4, 0.5) is 0 Å². The first-order valence-electron chi connectivity index (χ1n) is 6.15. The van der Waals surface area contributed by atoms with Gasteiger partial charge in [0.25, 0.3) is 0 Å². The average Bonchev–Trinajstić information content (AvgIpc) is 3.11. The second-order valence-electron chi connectivity index (χ2n) is 4.85. The first kappa shape index (κ1) is 14.4. The molecule has 0 aromatic rings. The molecule has 0 aromatic carbocycles. The Hall–Kier alpha value is -0.650. The summed E-state index contributed by atoms with van der Waals surface area (Å²) in [5.41, 5.74) is 6.01. The molecule has 3 N–H and O–H groups in total. The van der Waals surface area contributed by atoms with Crippen LogP contribution in [0.3, 0.4) is 0 Å². The van der Waals surface area contributed by atoms with Gasteiger partial charge in [0.2, 0.25) is 5.91 Å². The topological polar surface area (TPSA) is 73.6 Å². The Morgan fingerprint density at radius 1 is 1.35 bits per heavy atom. The van der Waals surface area contributed by atoms with Gasteiger partial charge in [0.05, 0.1) is 6.04 Å². The summed E-state index contributed by atoms with van der Waals surface area (Å²) in [5.74, 6) is -0.0780. The molecule has 0 heterocycles. The molecule has 0 spiro atoms. The van der Waals surface area contributed by atoms with Crippen molar-refractivity contribution in [3.8, 4) is 0 Å². The van der Waals surface area contributed by atoms with Crippen molar-refractivity contribution in [3.63, 3.8) is 0 Å². The molecule has 1 aliphatic rings. The van der Waals surface area contributed by atoms with Crippen LogP contribution in [0.25, 0.3) is 0 Å². The van der Waals surface area contributed by atoms with Crippen molar-refractivity contribution in [3.05, 3.63) is 0 Å². The summed E-state index contributed by atoms with van der Waals surface area (Å²) in [7, 11) is 3.31. The molecule has 1 aliphatic carbocycles. The Labute approximate surface area is 103 Å². The van der Waals surface area contributed by atoms with Crippen LogP contribution < -0.4 is 11.1 Å². The Bertz CT molecular complexity index is 242. The van der Waals surface area contributed by atoms with Crippen LogP contribution in [0, 0.1) is 5.41 Å². The molecule has 0 aliphatic heterocycles. The molecule has 0 bridgehead atoms. The van der Waals surface area contributed by atoms with Crippen LogP contribution in [-0.4, -0.2) is 45.9 Å². The average molecular weight is 244 g/mol. The Morgan fingerprint density at radius 2 is 2.00 bits per heavy atom. The van der Waals surface area contributed by atoms with E-state index in [-0.39, 0.29) is 11.3 Å². The predicted molar refractivity (Wildman–Crippen MR) is 65.6 cm³/mol. The summed E-state index contributed by atoms with van der Waals surface area (Å²) in [4.78, 5) is 11.7. The van der Waals surface area contributed by atoms with Crippen molar-refractivity contribution < 1.29 is 14.3 Å². The van der Waals surface area contributed by atoms with Gasteiger partial charge >= 0.3 is 0 Å². The van der Waals surface area contributed by atoms with E-state index in [1.807, 2.05) is 0 Å². The molecule has 0 saturated heterocycles. The number of rotatable bonds is 9. The van der Waals surface area contributed by atoms with Gasteiger partial charge in [-0.05, 0) is 31.1 Å². The van der Waals surface area contributed by atoms with E-state index in [9.17, 15) is 4.79 Å². The lowest BCUT2D eigenvalue weighted by Gasteiger charge is -2.17. The number of hydrogen-bond acceptors (Lipinski definition) is 4. The lowest BCUT2D eigenvalue weighted by Crippen LogP contribution is -2.43. The largest absolute Gasteiger partial charge is 0.385 e. The molecule has 5 heteroatoms. The Morgan fingerprint density at radius 3 is 2.53 bits per heavy atom. The molecule has 1 rings (SSSR count). The standard InChI is InChI=1S/C12H24N2O3/c1-16-7-3-10(13)11(15)14-9-12(4-5-12)6-8-17-2/h10H,3-9,13H2,1-2H3,(H,14,15). The van der Waals surface area contributed by atoms with Crippen LogP contribution in [0.5, 0.6) is 0 Å². The third-order valence-electron chi connectivity index (χ3n) is 3.40.